The maximum atomic E-state index is 10.1. The summed E-state index contributed by atoms with van der Waals surface area (Å²) in [5, 5.41) is 10.1. The van der Waals surface area contributed by atoms with Gasteiger partial charge in [0.15, 0.2) is 0 Å². The molecule has 146 valence electrons. The van der Waals surface area contributed by atoms with Crippen LogP contribution >= 0.6 is 0 Å². The number of phenols is 1. The molecule has 8 nitrogen and oxygen atoms in total. The molecule has 2 aliphatic rings. The highest BCUT2D eigenvalue weighted by Crippen LogP contribution is 2.35. The molecular formula is C20H25N7O. The number of anilines is 1. The van der Waals surface area contributed by atoms with Gasteiger partial charge in [0, 0.05) is 48.8 Å². The standard InChI is InChI=1S/C20H25N7O/c21-16(15-3-1-2-4-18(15)28)9-17(20(22)23)26-11-13-5-6-14(12-26)27(13)19-10-24-7-8-25-19/h1-4,7-10,13-14,28H,5-6,11-12,21-23H2/b16-9-. The Balaban J connectivity index is 1.59. The fourth-order valence-electron chi connectivity index (χ4n) is 4.20. The number of piperazine rings is 1. The summed E-state index contributed by atoms with van der Waals surface area (Å²) in [7, 11) is 0. The van der Waals surface area contributed by atoms with Gasteiger partial charge in [-0.1, -0.05) is 12.1 Å². The molecule has 4 rings (SSSR count). The summed E-state index contributed by atoms with van der Waals surface area (Å²) in [5.41, 5.74) is 19.9. The van der Waals surface area contributed by atoms with Crippen LogP contribution in [-0.2, 0) is 0 Å². The lowest BCUT2D eigenvalue weighted by atomic mass is 10.1. The summed E-state index contributed by atoms with van der Waals surface area (Å²) in [6.45, 7) is 1.54. The average Bonchev–Trinajstić information content (AvgIpc) is 2.96. The normalized spacial score (nSPS) is 21.6. The molecule has 2 bridgehead atoms. The Labute approximate surface area is 164 Å². The Bertz CT molecular complexity index is 894. The monoisotopic (exact) mass is 379 g/mol. The molecule has 0 spiro atoms. The van der Waals surface area contributed by atoms with E-state index in [2.05, 4.69) is 19.8 Å². The second-order valence-corrected chi connectivity index (χ2v) is 7.22. The molecule has 1 aromatic carbocycles. The van der Waals surface area contributed by atoms with Crippen molar-refractivity contribution in [3.63, 3.8) is 0 Å². The zero-order chi connectivity index (χ0) is 19.7. The fraction of sp³-hybridized carbons (Fsp3) is 0.300. The van der Waals surface area contributed by atoms with Crippen molar-refractivity contribution in [2.45, 2.75) is 24.9 Å². The second kappa shape index (κ2) is 7.30. The van der Waals surface area contributed by atoms with Crippen LogP contribution in [0, 0.1) is 0 Å². The maximum Gasteiger partial charge on any atom is 0.147 e. The van der Waals surface area contributed by atoms with E-state index >= 15 is 0 Å². The summed E-state index contributed by atoms with van der Waals surface area (Å²) >= 11 is 0. The third-order valence-corrected chi connectivity index (χ3v) is 5.44. The van der Waals surface area contributed by atoms with Gasteiger partial charge < -0.3 is 32.1 Å². The molecule has 7 N–H and O–H groups in total. The van der Waals surface area contributed by atoms with Crippen molar-refractivity contribution >= 4 is 11.5 Å². The van der Waals surface area contributed by atoms with Crippen LogP contribution in [-0.4, -0.2) is 45.1 Å². The summed E-state index contributed by atoms with van der Waals surface area (Å²) in [4.78, 5) is 13.2. The first-order valence-corrected chi connectivity index (χ1v) is 9.34. The summed E-state index contributed by atoms with van der Waals surface area (Å²) in [6, 6.07) is 7.56. The minimum atomic E-state index is 0.124. The van der Waals surface area contributed by atoms with Crippen molar-refractivity contribution in [1.29, 1.82) is 0 Å². The van der Waals surface area contributed by atoms with Gasteiger partial charge in [0.05, 0.1) is 11.9 Å². The number of likely N-dealkylation sites (tertiary alicyclic amines) is 1. The molecule has 0 saturated carbocycles. The predicted molar refractivity (Wildman–Crippen MR) is 109 cm³/mol. The van der Waals surface area contributed by atoms with Crippen LogP contribution in [0.3, 0.4) is 0 Å². The van der Waals surface area contributed by atoms with E-state index in [0.29, 0.717) is 29.0 Å². The first-order valence-electron chi connectivity index (χ1n) is 9.34. The van der Waals surface area contributed by atoms with Gasteiger partial charge in [-0.05, 0) is 31.1 Å². The predicted octanol–water partition coefficient (Wildman–Crippen LogP) is 0.921. The maximum absolute atomic E-state index is 10.1. The average molecular weight is 379 g/mol. The minimum absolute atomic E-state index is 0.124. The number of hydrogen-bond acceptors (Lipinski definition) is 8. The van der Waals surface area contributed by atoms with Crippen molar-refractivity contribution in [2.75, 3.05) is 18.0 Å². The van der Waals surface area contributed by atoms with E-state index < -0.39 is 0 Å². The van der Waals surface area contributed by atoms with E-state index in [0.717, 1.165) is 31.7 Å². The molecule has 2 atom stereocenters. The van der Waals surface area contributed by atoms with Crippen molar-refractivity contribution in [3.05, 3.63) is 66.0 Å². The van der Waals surface area contributed by atoms with Crippen molar-refractivity contribution in [1.82, 2.24) is 14.9 Å². The van der Waals surface area contributed by atoms with Crippen LogP contribution in [0.25, 0.3) is 5.70 Å². The molecule has 2 unspecified atom stereocenters. The molecule has 8 heteroatoms. The first-order chi connectivity index (χ1) is 13.5. The number of aromatic nitrogens is 2. The lowest BCUT2D eigenvalue weighted by Gasteiger charge is -2.43. The molecule has 2 saturated heterocycles. The minimum Gasteiger partial charge on any atom is -0.507 e. The van der Waals surface area contributed by atoms with E-state index in [-0.39, 0.29) is 11.6 Å². The van der Waals surface area contributed by atoms with Gasteiger partial charge in [-0.2, -0.15) is 0 Å². The SMILES string of the molecule is NC(N)=C(/C=C(\N)c1ccccc1O)N1CC2CCC(C1)N2c1cnccn1. The van der Waals surface area contributed by atoms with Crippen molar-refractivity contribution in [3.8, 4) is 5.75 Å². The van der Waals surface area contributed by atoms with Crippen LogP contribution in [0.5, 0.6) is 5.75 Å². The van der Waals surface area contributed by atoms with E-state index in [4.69, 9.17) is 17.2 Å². The van der Waals surface area contributed by atoms with Gasteiger partial charge >= 0.3 is 0 Å². The number of benzene rings is 1. The Morgan fingerprint density at radius 2 is 1.79 bits per heavy atom. The molecule has 28 heavy (non-hydrogen) atoms. The highest BCUT2D eigenvalue weighted by Gasteiger charge is 2.41. The Morgan fingerprint density at radius 1 is 1.07 bits per heavy atom. The third-order valence-electron chi connectivity index (χ3n) is 5.44. The molecule has 2 fully saturated rings. The largest absolute Gasteiger partial charge is 0.507 e. The van der Waals surface area contributed by atoms with Crippen molar-refractivity contribution in [2.24, 2.45) is 17.2 Å². The van der Waals surface area contributed by atoms with Crippen LogP contribution in [0.15, 0.2) is 60.5 Å². The zero-order valence-corrected chi connectivity index (χ0v) is 15.6. The number of hydrogen-bond donors (Lipinski definition) is 4. The van der Waals surface area contributed by atoms with Crippen molar-refractivity contribution < 1.29 is 5.11 Å². The number of para-hydroxylation sites is 1. The second-order valence-electron chi connectivity index (χ2n) is 7.22. The van der Waals surface area contributed by atoms with Gasteiger partial charge in [-0.15, -0.1) is 0 Å². The Hall–Kier alpha value is -3.42. The quantitative estimate of drug-likeness (QED) is 0.577. The van der Waals surface area contributed by atoms with E-state index in [9.17, 15) is 5.11 Å². The topological polar surface area (TPSA) is 131 Å². The van der Waals surface area contributed by atoms with E-state index in [1.54, 1.807) is 36.7 Å². The number of nitrogens with two attached hydrogens (primary N) is 3. The molecule has 3 heterocycles. The molecule has 2 aliphatic heterocycles. The molecule has 0 aliphatic carbocycles. The lowest BCUT2D eigenvalue weighted by molar-refractivity contribution is 0.276. The number of fused-ring (bicyclic) bond motifs is 2. The van der Waals surface area contributed by atoms with Crippen LogP contribution in [0.1, 0.15) is 18.4 Å². The van der Waals surface area contributed by atoms with Crippen LogP contribution < -0.4 is 22.1 Å². The van der Waals surface area contributed by atoms with E-state index in [1.165, 1.54) is 0 Å². The van der Waals surface area contributed by atoms with Gasteiger partial charge in [-0.25, -0.2) is 4.98 Å². The fourth-order valence-corrected chi connectivity index (χ4v) is 4.20. The molecular weight excluding hydrogens is 354 g/mol. The number of rotatable bonds is 4. The summed E-state index contributed by atoms with van der Waals surface area (Å²) in [5.74, 6) is 1.25. The smallest absolute Gasteiger partial charge is 0.147 e. The van der Waals surface area contributed by atoms with Crippen LogP contribution in [0.2, 0.25) is 0 Å². The molecule has 1 aromatic heterocycles. The van der Waals surface area contributed by atoms with E-state index in [1.807, 2.05) is 12.3 Å². The van der Waals surface area contributed by atoms with Gasteiger partial charge in [-0.3, -0.25) is 4.98 Å². The Kier molecular flexibility index (Phi) is 4.68. The first kappa shape index (κ1) is 18.0. The zero-order valence-electron chi connectivity index (χ0n) is 15.6. The molecule has 0 radical (unpaired) electrons. The van der Waals surface area contributed by atoms with Gasteiger partial charge in [0.1, 0.15) is 17.4 Å². The third kappa shape index (κ3) is 3.28. The Morgan fingerprint density at radius 3 is 2.39 bits per heavy atom. The highest BCUT2D eigenvalue weighted by molar-refractivity contribution is 5.70. The summed E-state index contributed by atoms with van der Waals surface area (Å²) in [6.07, 6.45) is 9.12. The number of phenolic OH excluding ortho intramolecular Hbond substituents is 1. The number of nitrogens with zero attached hydrogens (tertiary/aromatic N) is 4. The molecule has 2 aromatic rings. The number of allylic oxidation sites excluding steroid dienone is 1. The summed E-state index contributed by atoms with van der Waals surface area (Å²) < 4.78 is 0. The number of aromatic hydroxyl groups is 1. The van der Waals surface area contributed by atoms with Gasteiger partial charge in [0.25, 0.3) is 0 Å². The lowest BCUT2D eigenvalue weighted by Crippen LogP contribution is -2.54. The van der Waals surface area contributed by atoms with Gasteiger partial charge in [0.2, 0.25) is 0 Å². The molecule has 0 amide bonds. The highest BCUT2D eigenvalue weighted by atomic mass is 16.3. The van der Waals surface area contributed by atoms with Crippen LogP contribution in [0.4, 0.5) is 5.82 Å².